The predicted molar refractivity (Wildman–Crippen MR) is 84.7 cm³/mol. The first-order valence-electron chi connectivity index (χ1n) is 7.60. The lowest BCUT2D eigenvalue weighted by Crippen LogP contribution is -2.37. The molecule has 0 atom stereocenters. The molecule has 0 aromatic heterocycles. The zero-order valence-corrected chi connectivity index (χ0v) is 12.3. The molecule has 5 nitrogen and oxygen atoms in total. The van der Waals surface area contributed by atoms with Crippen LogP contribution in [0.25, 0.3) is 5.70 Å². The molecule has 3 N–H and O–H groups in total. The van der Waals surface area contributed by atoms with Crippen molar-refractivity contribution in [1.82, 2.24) is 5.32 Å². The Morgan fingerprint density at radius 3 is 2.59 bits per heavy atom. The van der Waals surface area contributed by atoms with Crippen LogP contribution in [0.2, 0.25) is 0 Å². The van der Waals surface area contributed by atoms with Crippen molar-refractivity contribution in [2.24, 2.45) is 10.7 Å². The highest BCUT2D eigenvalue weighted by molar-refractivity contribution is 6.14. The number of nitrogens with zero attached hydrogens (tertiary/aromatic N) is 2. The van der Waals surface area contributed by atoms with E-state index in [-0.39, 0.29) is 17.5 Å². The molecule has 1 aliphatic carbocycles. The molecular weight excluding hydrogens is 276 g/mol. The molecule has 0 radical (unpaired) electrons. The Morgan fingerprint density at radius 2 is 1.91 bits per heavy atom. The van der Waals surface area contributed by atoms with Crippen LogP contribution in [0, 0.1) is 11.3 Å². The third kappa shape index (κ3) is 2.60. The largest absolute Gasteiger partial charge is 0.383 e. The fraction of sp³-hybridized carbons (Fsp3) is 0.353. The zero-order valence-electron chi connectivity index (χ0n) is 12.3. The van der Waals surface area contributed by atoms with Gasteiger partial charge in [-0.2, -0.15) is 5.26 Å². The number of carbonyl (C=O) groups excluding carboxylic acids is 1. The van der Waals surface area contributed by atoms with Crippen LogP contribution in [0.15, 0.2) is 34.8 Å². The van der Waals surface area contributed by atoms with E-state index in [0.717, 1.165) is 36.8 Å². The van der Waals surface area contributed by atoms with Crippen LogP contribution in [0.3, 0.4) is 0 Å². The standard InChI is InChI=1S/C17H18N4O/c18-10-14(17(22)20-11-6-2-1-3-7-11)15-12-8-4-5-9-13(12)16(19)21-15/h4-5,8-9,11H,1-3,6-7H2,(H2,19,21)(H,20,22)/b15-14-. The molecule has 22 heavy (non-hydrogen) atoms. The van der Waals surface area contributed by atoms with Crippen LogP contribution in [0.4, 0.5) is 0 Å². The molecule has 0 bridgehead atoms. The summed E-state index contributed by atoms with van der Waals surface area (Å²) < 4.78 is 0. The van der Waals surface area contributed by atoms with Crippen molar-refractivity contribution in [3.8, 4) is 6.07 Å². The van der Waals surface area contributed by atoms with Crippen molar-refractivity contribution in [2.75, 3.05) is 0 Å². The highest BCUT2D eigenvalue weighted by Crippen LogP contribution is 2.30. The topological polar surface area (TPSA) is 91.3 Å². The summed E-state index contributed by atoms with van der Waals surface area (Å²) in [6.07, 6.45) is 5.41. The van der Waals surface area contributed by atoms with Gasteiger partial charge in [0.2, 0.25) is 0 Å². The van der Waals surface area contributed by atoms with Gasteiger partial charge >= 0.3 is 0 Å². The summed E-state index contributed by atoms with van der Waals surface area (Å²) in [6, 6.07) is 9.54. The second-order valence-corrected chi connectivity index (χ2v) is 5.69. The number of hydrogen-bond donors (Lipinski definition) is 2. The van der Waals surface area contributed by atoms with Crippen LogP contribution in [-0.4, -0.2) is 17.8 Å². The fourth-order valence-electron chi connectivity index (χ4n) is 3.06. The van der Waals surface area contributed by atoms with E-state index in [9.17, 15) is 10.1 Å². The summed E-state index contributed by atoms with van der Waals surface area (Å²) in [5.41, 5.74) is 7.83. The summed E-state index contributed by atoms with van der Waals surface area (Å²) in [4.78, 5) is 16.7. The summed E-state index contributed by atoms with van der Waals surface area (Å²) in [7, 11) is 0. The number of benzene rings is 1. The Morgan fingerprint density at radius 1 is 1.23 bits per heavy atom. The smallest absolute Gasteiger partial charge is 0.264 e. The van der Waals surface area contributed by atoms with E-state index in [0.29, 0.717) is 11.5 Å². The second-order valence-electron chi connectivity index (χ2n) is 5.69. The molecule has 1 amide bonds. The van der Waals surface area contributed by atoms with Crippen molar-refractivity contribution in [3.63, 3.8) is 0 Å². The maximum Gasteiger partial charge on any atom is 0.264 e. The van der Waals surface area contributed by atoms with E-state index in [1.165, 1.54) is 6.42 Å². The average Bonchev–Trinajstić information content (AvgIpc) is 2.87. The van der Waals surface area contributed by atoms with Gasteiger partial charge in [-0.25, -0.2) is 4.99 Å². The van der Waals surface area contributed by atoms with Crippen LogP contribution < -0.4 is 11.1 Å². The summed E-state index contributed by atoms with van der Waals surface area (Å²) in [6.45, 7) is 0. The van der Waals surface area contributed by atoms with Crippen molar-refractivity contribution >= 4 is 17.4 Å². The van der Waals surface area contributed by atoms with Crippen LogP contribution in [0.1, 0.15) is 43.2 Å². The quantitative estimate of drug-likeness (QED) is 0.646. The Balaban J connectivity index is 1.91. The first-order chi connectivity index (χ1) is 10.7. The number of nitrogens with two attached hydrogens (primary N) is 1. The van der Waals surface area contributed by atoms with Crippen LogP contribution in [0.5, 0.6) is 0 Å². The Kier molecular flexibility index (Phi) is 3.92. The summed E-state index contributed by atoms with van der Waals surface area (Å²) >= 11 is 0. The molecule has 0 spiro atoms. The molecule has 1 aliphatic heterocycles. The maximum absolute atomic E-state index is 12.4. The molecule has 5 heteroatoms. The van der Waals surface area contributed by atoms with Crippen molar-refractivity contribution in [2.45, 2.75) is 38.1 Å². The molecule has 112 valence electrons. The summed E-state index contributed by atoms with van der Waals surface area (Å²) in [5, 5.41) is 12.4. The third-order valence-electron chi connectivity index (χ3n) is 4.21. The van der Waals surface area contributed by atoms with E-state index in [1.807, 2.05) is 30.3 Å². The van der Waals surface area contributed by atoms with Gasteiger partial charge < -0.3 is 11.1 Å². The van der Waals surface area contributed by atoms with Gasteiger partial charge in [-0.3, -0.25) is 4.79 Å². The van der Waals surface area contributed by atoms with Gasteiger partial charge in [0.25, 0.3) is 5.91 Å². The van der Waals surface area contributed by atoms with Gasteiger partial charge in [-0.15, -0.1) is 0 Å². The monoisotopic (exact) mass is 294 g/mol. The third-order valence-corrected chi connectivity index (χ3v) is 4.21. The Bertz CT molecular complexity index is 706. The molecule has 1 heterocycles. The summed E-state index contributed by atoms with van der Waals surface area (Å²) in [5.74, 6) is 0.00136. The minimum Gasteiger partial charge on any atom is -0.383 e. The Hall–Kier alpha value is -2.61. The first-order valence-corrected chi connectivity index (χ1v) is 7.60. The Labute approximate surface area is 129 Å². The van der Waals surface area contributed by atoms with E-state index >= 15 is 0 Å². The van der Waals surface area contributed by atoms with Crippen LogP contribution in [-0.2, 0) is 4.79 Å². The van der Waals surface area contributed by atoms with E-state index in [4.69, 9.17) is 5.73 Å². The normalized spacial score (nSPS) is 19.9. The lowest BCUT2D eigenvalue weighted by Gasteiger charge is -2.22. The lowest BCUT2D eigenvalue weighted by molar-refractivity contribution is -0.117. The van der Waals surface area contributed by atoms with Crippen molar-refractivity contribution < 1.29 is 4.79 Å². The highest BCUT2D eigenvalue weighted by atomic mass is 16.1. The molecule has 1 saturated carbocycles. The number of amides is 1. The minimum absolute atomic E-state index is 0.0403. The van der Waals surface area contributed by atoms with Crippen LogP contribution >= 0.6 is 0 Å². The predicted octanol–water partition coefficient (Wildman–Crippen LogP) is 2.09. The van der Waals surface area contributed by atoms with Gasteiger partial charge in [0.1, 0.15) is 17.5 Å². The number of amidine groups is 1. The van der Waals surface area contributed by atoms with E-state index in [2.05, 4.69) is 10.3 Å². The molecule has 2 aliphatic rings. The SMILES string of the molecule is N#C/C(C(=O)NC1CCCCC1)=C1/N=C(N)c2ccccc21. The van der Waals surface area contributed by atoms with E-state index < -0.39 is 0 Å². The van der Waals surface area contributed by atoms with Gasteiger partial charge in [0.05, 0.1) is 5.70 Å². The number of fused-ring (bicyclic) bond motifs is 1. The number of rotatable bonds is 2. The number of nitrogens with one attached hydrogen (secondary N) is 1. The number of aliphatic imine (C=N–C) groups is 1. The molecular formula is C17H18N4O. The molecule has 1 aromatic carbocycles. The van der Waals surface area contributed by atoms with Crippen molar-refractivity contribution in [1.29, 1.82) is 5.26 Å². The lowest BCUT2D eigenvalue weighted by atomic mass is 9.95. The second kappa shape index (κ2) is 6.02. The number of nitriles is 1. The molecule has 1 fully saturated rings. The number of carbonyl (C=O) groups is 1. The van der Waals surface area contributed by atoms with Gasteiger partial charge in [0, 0.05) is 17.2 Å². The first kappa shape index (κ1) is 14.3. The molecule has 0 saturated heterocycles. The van der Waals surface area contributed by atoms with Crippen molar-refractivity contribution in [3.05, 3.63) is 41.0 Å². The van der Waals surface area contributed by atoms with Gasteiger partial charge in [-0.1, -0.05) is 43.5 Å². The van der Waals surface area contributed by atoms with Gasteiger partial charge in [-0.05, 0) is 12.8 Å². The molecule has 0 unspecified atom stereocenters. The van der Waals surface area contributed by atoms with E-state index in [1.54, 1.807) is 0 Å². The highest BCUT2D eigenvalue weighted by Gasteiger charge is 2.26. The molecule has 1 aromatic rings. The maximum atomic E-state index is 12.4. The average molecular weight is 294 g/mol. The number of hydrogen-bond acceptors (Lipinski definition) is 4. The fourth-order valence-corrected chi connectivity index (χ4v) is 3.06. The zero-order chi connectivity index (χ0) is 15.5. The van der Waals surface area contributed by atoms with Gasteiger partial charge in [0.15, 0.2) is 0 Å². The minimum atomic E-state index is -0.349. The molecule has 3 rings (SSSR count).